The Morgan fingerprint density at radius 2 is 2.06 bits per heavy atom. The van der Waals surface area contributed by atoms with Crippen molar-refractivity contribution < 1.29 is 22.3 Å². The van der Waals surface area contributed by atoms with Crippen LogP contribution in [-0.4, -0.2) is 27.8 Å². The Morgan fingerprint density at radius 1 is 1.44 bits per heavy atom. The standard InChI is InChI=1S/C10H11FO4S/c1-15-10(12)7-3-4-9(11)8(5-7)6-16(2,13)14/h3-5H,6H2,1-2H3. The maximum absolute atomic E-state index is 13.3. The van der Waals surface area contributed by atoms with Crippen LogP contribution in [0.25, 0.3) is 0 Å². The average Bonchev–Trinajstić information content (AvgIpc) is 2.18. The van der Waals surface area contributed by atoms with Crippen LogP contribution in [0, 0.1) is 5.82 Å². The number of sulfone groups is 1. The summed E-state index contributed by atoms with van der Waals surface area (Å²) in [5.74, 6) is -1.73. The van der Waals surface area contributed by atoms with Crippen LogP contribution in [-0.2, 0) is 20.3 Å². The third-order valence-corrected chi connectivity index (χ3v) is 2.72. The predicted octanol–water partition coefficient (Wildman–Crippen LogP) is 1.16. The third-order valence-electron chi connectivity index (χ3n) is 1.88. The van der Waals surface area contributed by atoms with E-state index < -0.39 is 27.4 Å². The van der Waals surface area contributed by atoms with Crippen LogP contribution < -0.4 is 0 Å². The first-order chi connectivity index (χ1) is 7.33. The second-order valence-corrected chi connectivity index (χ2v) is 5.51. The van der Waals surface area contributed by atoms with E-state index in [1.807, 2.05) is 0 Å². The Morgan fingerprint density at radius 3 is 2.56 bits per heavy atom. The molecule has 6 heteroatoms. The van der Waals surface area contributed by atoms with E-state index in [9.17, 15) is 17.6 Å². The number of halogens is 1. The van der Waals surface area contributed by atoms with E-state index in [2.05, 4.69) is 4.74 Å². The Labute approximate surface area is 93.0 Å². The lowest BCUT2D eigenvalue weighted by molar-refractivity contribution is 0.0600. The van der Waals surface area contributed by atoms with Gasteiger partial charge in [0.15, 0.2) is 9.84 Å². The second kappa shape index (κ2) is 4.61. The van der Waals surface area contributed by atoms with Crippen molar-refractivity contribution in [1.29, 1.82) is 0 Å². The molecule has 0 N–H and O–H groups in total. The van der Waals surface area contributed by atoms with Crippen LogP contribution in [0.2, 0.25) is 0 Å². The molecule has 0 bridgehead atoms. The molecule has 0 aliphatic rings. The quantitative estimate of drug-likeness (QED) is 0.751. The molecule has 1 rings (SSSR count). The molecule has 1 aromatic carbocycles. The Balaban J connectivity index is 3.14. The number of esters is 1. The first kappa shape index (κ1) is 12.6. The van der Waals surface area contributed by atoms with Gasteiger partial charge in [-0.15, -0.1) is 0 Å². The van der Waals surface area contributed by atoms with Crippen molar-refractivity contribution in [2.24, 2.45) is 0 Å². The summed E-state index contributed by atoms with van der Waals surface area (Å²) in [4.78, 5) is 11.1. The van der Waals surface area contributed by atoms with E-state index in [0.717, 1.165) is 12.3 Å². The number of methoxy groups -OCH3 is 1. The van der Waals surface area contributed by atoms with Gasteiger partial charge in [-0.05, 0) is 18.2 Å². The molecular weight excluding hydrogens is 235 g/mol. The summed E-state index contributed by atoms with van der Waals surface area (Å²) in [5, 5.41) is 0. The van der Waals surface area contributed by atoms with Gasteiger partial charge >= 0.3 is 5.97 Å². The molecule has 0 saturated heterocycles. The lowest BCUT2D eigenvalue weighted by atomic mass is 10.1. The highest BCUT2D eigenvalue weighted by atomic mass is 32.2. The number of ether oxygens (including phenoxy) is 1. The summed E-state index contributed by atoms with van der Waals surface area (Å²) in [6, 6.07) is 3.47. The van der Waals surface area contributed by atoms with Crippen LogP contribution in [0.4, 0.5) is 4.39 Å². The number of carbonyl (C=O) groups excluding carboxylic acids is 1. The Bertz CT molecular complexity index is 508. The predicted molar refractivity (Wildman–Crippen MR) is 56.3 cm³/mol. The summed E-state index contributed by atoms with van der Waals surface area (Å²) >= 11 is 0. The molecule has 0 aromatic heterocycles. The first-order valence-electron chi connectivity index (χ1n) is 4.38. The van der Waals surface area contributed by atoms with E-state index in [-0.39, 0.29) is 11.1 Å². The summed E-state index contributed by atoms with van der Waals surface area (Å²) in [6.07, 6.45) is 0.997. The molecule has 0 radical (unpaired) electrons. The average molecular weight is 246 g/mol. The van der Waals surface area contributed by atoms with Crippen molar-refractivity contribution in [2.45, 2.75) is 5.75 Å². The van der Waals surface area contributed by atoms with Crippen molar-refractivity contribution >= 4 is 15.8 Å². The normalized spacial score (nSPS) is 11.2. The SMILES string of the molecule is COC(=O)c1ccc(F)c(CS(C)(=O)=O)c1. The topological polar surface area (TPSA) is 60.4 Å². The lowest BCUT2D eigenvalue weighted by Gasteiger charge is -2.04. The van der Waals surface area contributed by atoms with Crippen LogP contribution in [0.1, 0.15) is 15.9 Å². The molecule has 4 nitrogen and oxygen atoms in total. The fourth-order valence-corrected chi connectivity index (χ4v) is 2.00. The van der Waals surface area contributed by atoms with Gasteiger partial charge < -0.3 is 4.74 Å². The Hall–Kier alpha value is -1.43. The minimum atomic E-state index is -3.34. The third kappa shape index (κ3) is 3.30. The van der Waals surface area contributed by atoms with Gasteiger partial charge in [0.2, 0.25) is 0 Å². The summed E-state index contributed by atoms with van der Waals surface area (Å²) < 4.78 is 39.7. The van der Waals surface area contributed by atoms with E-state index in [1.165, 1.54) is 19.2 Å². The molecule has 16 heavy (non-hydrogen) atoms. The highest BCUT2D eigenvalue weighted by Crippen LogP contribution is 2.14. The van der Waals surface area contributed by atoms with Crippen molar-refractivity contribution in [3.8, 4) is 0 Å². The molecule has 0 amide bonds. The molecule has 0 heterocycles. The van der Waals surface area contributed by atoms with Gasteiger partial charge in [0.25, 0.3) is 0 Å². The van der Waals surface area contributed by atoms with E-state index in [1.54, 1.807) is 0 Å². The number of benzene rings is 1. The molecule has 0 unspecified atom stereocenters. The molecule has 0 aliphatic heterocycles. The van der Waals surface area contributed by atoms with Crippen LogP contribution in [0.5, 0.6) is 0 Å². The molecule has 88 valence electrons. The second-order valence-electron chi connectivity index (χ2n) is 3.37. The monoisotopic (exact) mass is 246 g/mol. The maximum Gasteiger partial charge on any atom is 0.337 e. The first-order valence-corrected chi connectivity index (χ1v) is 6.44. The van der Waals surface area contributed by atoms with Crippen molar-refractivity contribution in [1.82, 2.24) is 0 Å². The van der Waals surface area contributed by atoms with Gasteiger partial charge in [-0.2, -0.15) is 0 Å². The van der Waals surface area contributed by atoms with Gasteiger partial charge in [0, 0.05) is 11.8 Å². The van der Waals surface area contributed by atoms with Crippen LogP contribution >= 0.6 is 0 Å². The fraction of sp³-hybridized carbons (Fsp3) is 0.300. The Kier molecular flexibility index (Phi) is 3.64. The number of hydrogen-bond acceptors (Lipinski definition) is 4. The van der Waals surface area contributed by atoms with Crippen molar-refractivity contribution in [2.75, 3.05) is 13.4 Å². The number of carbonyl (C=O) groups is 1. The summed E-state index contributed by atoms with van der Waals surface area (Å²) in [6.45, 7) is 0. The molecule has 1 aromatic rings. The minimum Gasteiger partial charge on any atom is -0.465 e. The van der Waals surface area contributed by atoms with Crippen molar-refractivity contribution in [3.63, 3.8) is 0 Å². The number of hydrogen-bond donors (Lipinski definition) is 0. The summed E-state index contributed by atoms with van der Waals surface area (Å²) in [7, 11) is -2.14. The molecular formula is C10H11FO4S. The van der Waals surface area contributed by atoms with Gasteiger partial charge in [0.1, 0.15) is 5.82 Å². The summed E-state index contributed by atoms with van der Waals surface area (Å²) in [5.41, 5.74) is 0.0907. The van der Waals surface area contributed by atoms with Crippen molar-refractivity contribution in [3.05, 3.63) is 35.1 Å². The maximum atomic E-state index is 13.3. The lowest BCUT2D eigenvalue weighted by Crippen LogP contribution is -2.07. The molecule has 0 saturated carbocycles. The van der Waals surface area contributed by atoms with Gasteiger partial charge in [-0.3, -0.25) is 0 Å². The zero-order valence-electron chi connectivity index (χ0n) is 8.86. The van der Waals surface area contributed by atoms with Crippen LogP contribution in [0.3, 0.4) is 0 Å². The zero-order valence-corrected chi connectivity index (χ0v) is 9.67. The van der Waals surface area contributed by atoms with E-state index >= 15 is 0 Å². The zero-order chi connectivity index (χ0) is 12.3. The molecule has 0 atom stereocenters. The largest absolute Gasteiger partial charge is 0.465 e. The van der Waals surface area contributed by atoms with E-state index in [4.69, 9.17) is 0 Å². The molecule has 0 spiro atoms. The molecule has 0 aliphatic carbocycles. The molecule has 0 fully saturated rings. The highest BCUT2D eigenvalue weighted by Gasteiger charge is 2.13. The fourth-order valence-electron chi connectivity index (χ4n) is 1.21. The number of rotatable bonds is 3. The van der Waals surface area contributed by atoms with Crippen LogP contribution in [0.15, 0.2) is 18.2 Å². The van der Waals surface area contributed by atoms with Gasteiger partial charge in [0.05, 0.1) is 18.4 Å². The highest BCUT2D eigenvalue weighted by molar-refractivity contribution is 7.89. The van der Waals surface area contributed by atoms with Gasteiger partial charge in [-0.25, -0.2) is 17.6 Å². The van der Waals surface area contributed by atoms with E-state index in [0.29, 0.717) is 0 Å². The van der Waals surface area contributed by atoms with Gasteiger partial charge in [-0.1, -0.05) is 0 Å². The minimum absolute atomic E-state index is 0.0367. The smallest absolute Gasteiger partial charge is 0.337 e.